The van der Waals surface area contributed by atoms with E-state index < -0.39 is 5.82 Å². The Hall–Kier alpha value is -2.32. The van der Waals surface area contributed by atoms with Crippen molar-refractivity contribution in [2.24, 2.45) is 5.92 Å². The number of carbonyl (C=O) groups excluding carboxylic acids is 1. The number of aryl methyl sites for hydroxylation is 1. The Morgan fingerprint density at radius 1 is 1.48 bits per heavy atom. The molecule has 0 radical (unpaired) electrons. The molecule has 1 saturated heterocycles. The Morgan fingerprint density at radius 2 is 2.28 bits per heavy atom. The van der Waals surface area contributed by atoms with Crippen LogP contribution < -0.4 is 0 Å². The van der Waals surface area contributed by atoms with Crippen molar-refractivity contribution in [2.45, 2.75) is 19.4 Å². The standard InChI is InChI=1S/C17H20FN3O4/c1-10-3-4-11(5-14(10)18)17(23)21-6-12(8-22)13(7-21)16-19-15(9-24-2)20-25-16/h3-5,12-13,22H,6-9H2,1-2H3/t12-,13+/m0/s1. The van der Waals surface area contributed by atoms with Crippen molar-refractivity contribution in [1.82, 2.24) is 15.0 Å². The Labute approximate surface area is 144 Å². The van der Waals surface area contributed by atoms with E-state index in [2.05, 4.69) is 10.1 Å². The lowest BCUT2D eigenvalue weighted by atomic mass is 9.97. The molecule has 7 nitrogen and oxygen atoms in total. The lowest BCUT2D eigenvalue weighted by Crippen LogP contribution is -2.29. The molecule has 0 spiro atoms. The number of hydrogen-bond acceptors (Lipinski definition) is 6. The fourth-order valence-corrected chi connectivity index (χ4v) is 3.02. The summed E-state index contributed by atoms with van der Waals surface area (Å²) in [6.07, 6.45) is 0. The molecule has 1 N–H and O–H groups in total. The molecular weight excluding hydrogens is 329 g/mol. The molecule has 1 aromatic carbocycles. The van der Waals surface area contributed by atoms with Crippen molar-refractivity contribution in [3.8, 4) is 0 Å². The fourth-order valence-electron chi connectivity index (χ4n) is 3.02. The third-order valence-corrected chi connectivity index (χ3v) is 4.46. The number of halogens is 1. The van der Waals surface area contributed by atoms with E-state index in [4.69, 9.17) is 9.26 Å². The van der Waals surface area contributed by atoms with Crippen LogP contribution in [0.2, 0.25) is 0 Å². The van der Waals surface area contributed by atoms with Gasteiger partial charge in [0, 0.05) is 38.3 Å². The highest BCUT2D eigenvalue weighted by Gasteiger charge is 2.39. The second-order valence-electron chi connectivity index (χ2n) is 6.21. The van der Waals surface area contributed by atoms with Gasteiger partial charge in [0.2, 0.25) is 5.89 Å². The average Bonchev–Trinajstić information content (AvgIpc) is 3.23. The maximum atomic E-state index is 13.7. The van der Waals surface area contributed by atoms with Gasteiger partial charge in [-0.15, -0.1) is 0 Å². The number of hydrogen-bond donors (Lipinski definition) is 1. The molecule has 1 fully saturated rings. The molecule has 1 aliphatic rings. The number of amides is 1. The van der Waals surface area contributed by atoms with Gasteiger partial charge in [-0.2, -0.15) is 4.98 Å². The molecule has 0 saturated carbocycles. The van der Waals surface area contributed by atoms with E-state index >= 15 is 0 Å². The van der Waals surface area contributed by atoms with E-state index in [9.17, 15) is 14.3 Å². The van der Waals surface area contributed by atoms with Crippen molar-refractivity contribution < 1.29 is 23.6 Å². The molecule has 1 aromatic heterocycles. The van der Waals surface area contributed by atoms with Crippen LogP contribution >= 0.6 is 0 Å². The predicted octanol–water partition coefficient (Wildman–Crippen LogP) is 1.51. The maximum absolute atomic E-state index is 13.7. The lowest BCUT2D eigenvalue weighted by Gasteiger charge is -2.16. The summed E-state index contributed by atoms with van der Waals surface area (Å²) in [5, 5.41) is 13.5. The second-order valence-corrected chi connectivity index (χ2v) is 6.21. The number of methoxy groups -OCH3 is 1. The quantitative estimate of drug-likeness (QED) is 0.880. The molecular formula is C17H20FN3O4. The molecule has 1 amide bonds. The molecule has 2 heterocycles. The Balaban J connectivity index is 1.77. The predicted molar refractivity (Wildman–Crippen MR) is 85.4 cm³/mol. The van der Waals surface area contributed by atoms with Gasteiger partial charge in [-0.05, 0) is 24.6 Å². The van der Waals surface area contributed by atoms with E-state index in [1.54, 1.807) is 24.0 Å². The largest absolute Gasteiger partial charge is 0.396 e. The van der Waals surface area contributed by atoms with E-state index in [1.807, 2.05) is 0 Å². The van der Waals surface area contributed by atoms with Crippen LogP contribution in [-0.2, 0) is 11.3 Å². The van der Waals surface area contributed by atoms with Crippen LogP contribution in [0.25, 0.3) is 0 Å². The number of rotatable bonds is 5. The minimum Gasteiger partial charge on any atom is -0.396 e. The molecule has 0 aliphatic carbocycles. The smallest absolute Gasteiger partial charge is 0.253 e. The van der Waals surface area contributed by atoms with Crippen LogP contribution in [-0.4, -0.2) is 52.9 Å². The highest BCUT2D eigenvalue weighted by molar-refractivity contribution is 5.94. The summed E-state index contributed by atoms with van der Waals surface area (Å²) < 4.78 is 23.9. The number of ether oxygens (including phenoxy) is 1. The van der Waals surface area contributed by atoms with Gasteiger partial charge in [0.1, 0.15) is 12.4 Å². The first-order valence-corrected chi connectivity index (χ1v) is 8.01. The third-order valence-electron chi connectivity index (χ3n) is 4.46. The SMILES string of the molecule is COCc1noc([C@@H]2CN(C(=O)c3ccc(C)c(F)c3)C[C@H]2CO)n1. The topological polar surface area (TPSA) is 88.7 Å². The van der Waals surface area contributed by atoms with Gasteiger partial charge < -0.3 is 19.3 Å². The number of benzene rings is 1. The van der Waals surface area contributed by atoms with Crippen molar-refractivity contribution in [2.75, 3.05) is 26.8 Å². The van der Waals surface area contributed by atoms with E-state index in [0.29, 0.717) is 30.4 Å². The van der Waals surface area contributed by atoms with Gasteiger partial charge in [0.05, 0.1) is 5.92 Å². The number of likely N-dealkylation sites (tertiary alicyclic amines) is 1. The molecule has 0 unspecified atom stereocenters. The lowest BCUT2D eigenvalue weighted by molar-refractivity contribution is 0.0780. The summed E-state index contributed by atoms with van der Waals surface area (Å²) >= 11 is 0. The third kappa shape index (κ3) is 3.54. The zero-order valence-electron chi connectivity index (χ0n) is 14.1. The summed E-state index contributed by atoms with van der Waals surface area (Å²) in [6.45, 7) is 2.43. The van der Waals surface area contributed by atoms with Crippen LogP contribution in [0.5, 0.6) is 0 Å². The summed E-state index contributed by atoms with van der Waals surface area (Å²) in [5.74, 6) is -0.383. The second kappa shape index (κ2) is 7.28. The minimum absolute atomic E-state index is 0.112. The van der Waals surface area contributed by atoms with Crippen LogP contribution in [0.4, 0.5) is 4.39 Å². The van der Waals surface area contributed by atoms with Crippen LogP contribution in [0, 0.1) is 18.7 Å². The number of carbonyl (C=O) groups is 1. The number of nitrogens with zero attached hydrogens (tertiary/aromatic N) is 3. The highest BCUT2D eigenvalue weighted by Crippen LogP contribution is 2.32. The summed E-state index contributed by atoms with van der Waals surface area (Å²) in [4.78, 5) is 18.5. The summed E-state index contributed by atoms with van der Waals surface area (Å²) in [7, 11) is 1.53. The molecule has 2 aromatic rings. The Morgan fingerprint density at radius 3 is 2.96 bits per heavy atom. The van der Waals surface area contributed by atoms with Gasteiger partial charge in [-0.3, -0.25) is 4.79 Å². The Bertz CT molecular complexity index is 764. The van der Waals surface area contributed by atoms with Crippen molar-refractivity contribution in [3.05, 3.63) is 46.9 Å². The fraction of sp³-hybridized carbons (Fsp3) is 0.471. The van der Waals surface area contributed by atoms with Crippen LogP contribution in [0.1, 0.15) is 33.6 Å². The van der Waals surface area contributed by atoms with Crippen LogP contribution in [0.3, 0.4) is 0 Å². The van der Waals surface area contributed by atoms with Crippen molar-refractivity contribution in [1.29, 1.82) is 0 Å². The molecule has 3 rings (SSSR count). The van der Waals surface area contributed by atoms with E-state index in [-0.39, 0.29) is 36.5 Å². The van der Waals surface area contributed by atoms with E-state index in [0.717, 1.165) is 0 Å². The van der Waals surface area contributed by atoms with Gasteiger partial charge >= 0.3 is 0 Å². The van der Waals surface area contributed by atoms with Crippen molar-refractivity contribution >= 4 is 5.91 Å². The number of aromatic nitrogens is 2. The normalized spacial score (nSPS) is 20.2. The molecule has 25 heavy (non-hydrogen) atoms. The zero-order chi connectivity index (χ0) is 18.0. The highest BCUT2D eigenvalue weighted by atomic mass is 19.1. The Kier molecular flexibility index (Phi) is 5.10. The number of aliphatic hydroxyl groups is 1. The molecule has 1 aliphatic heterocycles. The molecule has 8 heteroatoms. The maximum Gasteiger partial charge on any atom is 0.253 e. The first kappa shape index (κ1) is 17.5. The van der Waals surface area contributed by atoms with Gasteiger partial charge in [0.25, 0.3) is 5.91 Å². The average molecular weight is 349 g/mol. The summed E-state index contributed by atoms with van der Waals surface area (Å²) in [6, 6.07) is 4.42. The molecule has 2 atom stereocenters. The van der Waals surface area contributed by atoms with E-state index in [1.165, 1.54) is 13.2 Å². The first-order valence-electron chi connectivity index (χ1n) is 8.01. The minimum atomic E-state index is -0.415. The molecule has 0 bridgehead atoms. The first-order chi connectivity index (χ1) is 12.0. The monoisotopic (exact) mass is 349 g/mol. The van der Waals surface area contributed by atoms with Gasteiger partial charge in [-0.25, -0.2) is 4.39 Å². The van der Waals surface area contributed by atoms with Gasteiger partial charge in [-0.1, -0.05) is 11.2 Å². The van der Waals surface area contributed by atoms with Gasteiger partial charge in [0.15, 0.2) is 5.82 Å². The number of aliphatic hydroxyl groups excluding tert-OH is 1. The zero-order valence-corrected chi connectivity index (χ0v) is 14.1. The van der Waals surface area contributed by atoms with Crippen LogP contribution in [0.15, 0.2) is 22.7 Å². The molecule has 134 valence electrons. The summed E-state index contributed by atoms with van der Waals surface area (Å²) in [5.41, 5.74) is 0.770. The van der Waals surface area contributed by atoms with Crippen molar-refractivity contribution in [3.63, 3.8) is 0 Å².